The molecule has 0 amide bonds. The summed E-state index contributed by atoms with van der Waals surface area (Å²) in [4.78, 5) is 4.57. The fourth-order valence-corrected chi connectivity index (χ4v) is 3.74. The molecule has 0 radical (unpaired) electrons. The van der Waals surface area contributed by atoms with Crippen LogP contribution >= 0.6 is 0 Å². The molecule has 0 saturated carbocycles. The lowest BCUT2D eigenvalue weighted by Gasteiger charge is -1.93. The van der Waals surface area contributed by atoms with E-state index >= 15 is 0 Å². The predicted molar refractivity (Wildman–Crippen MR) is 125 cm³/mol. The molecular weight excluding hydrogens is 398 g/mol. The van der Waals surface area contributed by atoms with Crippen LogP contribution in [0.1, 0.15) is 22.5 Å². The Labute approximate surface area is 183 Å². The smallest absolute Gasteiger partial charge is 0.113 e. The Morgan fingerprint density at radius 3 is 2.06 bits per heavy atom. The SMILES string of the molecule is C(=C\c1ccn2ncccc12)/c1ccc2c(/C=C/c3ccn4ncccc34)nnc-2cn1. The molecule has 0 unspecified atom stereocenters. The van der Waals surface area contributed by atoms with Crippen molar-refractivity contribution in [2.45, 2.75) is 0 Å². The number of hydrogen-bond acceptors (Lipinski definition) is 5. The summed E-state index contributed by atoms with van der Waals surface area (Å²) in [6.45, 7) is 0. The predicted octanol–water partition coefficient (Wildman–Crippen LogP) is 4.61. The van der Waals surface area contributed by atoms with Crippen molar-refractivity contribution in [1.29, 1.82) is 0 Å². The van der Waals surface area contributed by atoms with Gasteiger partial charge in [-0.15, -0.1) is 10.2 Å². The van der Waals surface area contributed by atoms with Crippen LogP contribution in [0.2, 0.25) is 0 Å². The number of nitrogens with zero attached hydrogens (tertiary/aromatic N) is 7. The fourth-order valence-electron chi connectivity index (χ4n) is 3.74. The standard InChI is InChI=1S/C25H17N7/c1-3-24-18(11-15-31(24)27-13-1)5-7-20-8-9-21-22(29-30-23(21)17-26-20)10-6-19-12-16-32-25(19)4-2-14-28-32/h1-17H/b7-5+,10-6+. The Balaban J connectivity index is 1.30. The van der Waals surface area contributed by atoms with Crippen LogP contribution in [0.5, 0.6) is 0 Å². The molecule has 2 aliphatic rings. The van der Waals surface area contributed by atoms with Crippen LogP contribution in [0.4, 0.5) is 0 Å². The van der Waals surface area contributed by atoms with Gasteiger partial charge in [-0.2, -0.15) is 10.2 Å². The topological polar surface area (TPSA) is 73.3 Å². The van der Waals surface area contributed by atoms with Crippen molar-refractivity contribution in [1.82, 2.24) is 34.4 Å². The van der Waals surface area contributed by atoms with Crippen LogP contribution in [0.15, 0.2) is 79.5 Å². The van der Waals surface area contributed by atoms with Crippen LogP contribution < -0.4 is 0 Å². The maximum atomic E-state index is 4.57. The van der Waals surface area contributed by atoms with E-state index in [9.17, 15) is 0 Å². The minimum atomic E-state index is 0.756. The zero-order valence-electron chi connectivity index (χ0n) is 16.9. The molecule has 7 nitrogen and oxygen atoms in total. The normalized spacial score (nSPS) is 12.1. The van der Waals surface area contributed by atoms with Crippen molar-refractivity contribution in [2.24, 2.45) is 0 Å². The molecule has 0 atom stereocenters. The highest BCUT2D eigenvalue weighted by Gasteiger charge is 2.10. The van der Waals surface area contributed by atoms with Gasteiger partial charge >= 0.3 is 0 Å². The Morgan fingerprint density at radius 1 is 0.656 bits per heavy atom. The fraction of sp³-hybridized carbons (Fsp3) is 0. The lowest BCUT2D eigenvalue weighted by molar-refractivity contribution is 0.941. The average molecular weight is 415 g/mol. The second-order valence-corrected chi connectivity index (χ2v) is 7.32. The van der Waals surface area contributed by atoms with Crippen molar-refractivity contribution in [3.63, 3.8) is 0 Å². The summed E-state index contributed by atoms with van der Waals surface area (Å²) in [5.74, 6) is 0. The molecule has 2 aliphatic heterocycles. The third kappa shape index (κ3) is 3.22. The Hall–Kier alpha value is -4.65. The highest BCUT2D eigenvalue weighted by Crippen LogP contribution is 2.24. The molecule has 0 spiro atoms. The molecule has 7 heteroatoms. The van der Waals surface area contributed by atoms with E-state index in [1.165, 1.54) is 0 Å². The van der Waals surface area contributed by atoms with Gasteiger partial charge in [0, 0.05) is 41.5 Å². The zero-order chi connectivity index (χ0) is 21.3. The highest BCUT2D eigenvalue weighted by atomic mass is 15.2. The second-order valence-electron chi connectivity index (χ2n) is 7.32. The molecule has 32 heavy (non-hydrogen) atoms. The van der Waals surface area contributed by atoms with Gasteiger partial charge < -0.3 is 0 Å². The highest BCUT2D eigenvalue weighted by molar-refractivity contribution is 5.83. The van der Waals surface area contributed by atoms with Crippen molar-refractivity contribution in [2.75, 3.05) is 0 Å². The lowest BCUT2D eigenvalue weighted by Crippen LogP contribution is -1.86. The number of hydrogen-bond donors (Lipinski definition) is 0. The summed E-state index contributed by atoms with van der Waals surface area (Å²) in [5.41, 5.74) is 7.61. The first kappa shape index (κ1) is 18.1. The number of fused-ring (bicyclic) bond motifs is 3. The molecule has 0 aromatic carbocycles. The average Bonchev–Trinajstić information content (AvgIpc) is 3.51. The first-order chi connectivity index (χ1) is 15.8. The molecule has 6 rings (SSSR count). The van der Waals surface area contributed by atoms with E-state index in [4.69, 9.17) is 0 Å². The van der Waals surface area contributed by atoms with Gasteiger partial charge in [0.1, 0.15) is 5.69 Å². The third-order valence-corrected chi connectivity index (χ3v) is 5.37. The van der Waals surface area contributed by atoms with E-state index < -0.39 is 0 Å². The second kappa shape index (κ2) is 7.55. The summed E-state index contributed by atoms with van der Waals surface area (Å²) in [7, 11) is 0. The first-order valence-electron chi connectivity index (χ1n) is 10.2. The minimum absolute atomic E-state index is 0.756. The molecule has 4 aromatic rings. The summed E-state index contributed by atoms with van der Waals surface area (Å²) in [6.07, 6.45) is 17.2. The quantitative estimate of drug-likeness (QED) is 0.420. The summed E-state index contributed by atoms with van der Waals surface area (Å²) in [5, 5.41) is 17.2. The molecule has 152 valence electrons. The molecule has 0 aliphatic carbocycles. The van der Waals surface area contributed by atoms with Gasteiger partial charge in [-0.1, -0.05) is 12.2 Å². The van der Waals surface area contributed by atoms with Crippen molar-refractivity contribution >= 4 is 35.3 Å². The largest absolute Gasteiger partial charge is 0.255 e. The van der Waals surface area contributed by atoms with Crippen molar-refractivity contribution in [3.8, 4) is 11.3 Å². The van der Waals surface area contributed by atoms with Gasteiger partial charge in [0.2, 0.25) is 0 Å². The minimum Gasteiger partial charge on any atom is -0.255 e. The maximum Gasteiger partial charge on any atom is 0.113 e. The van der Waals surface area contributed by atoms with E-state index in [-0.39, 0.29) is 0 Å². The van der Waals surface area contributed by atoms with Gasteiger partial charge in [-0.25, -0.2) is 9.03 Å². The molecule has 0 saturated heterocycles. The van der Waals surface area contributed by atoms with Gasteiger partial charge in [0.15, 0.2) is 0 Å². The first-order valence-corrected chi connectivity index (χ1v) is 10.2. The summed E-state index contributed by atoms with van der Waals surface area (Å²) < 4.78 is 3.70. The number of rotatable bonds is 4. The maximum absolute atomic E-state index is 4.57. The third-order valence-electron chi connectivity index (χ3n) is 5.37. The zero-order valence-corrected chi connectivity index (χ0v) is 16.9. The van der Waals surface area contributed by atoms with Gasteiger partial charge in [-0.3, -0.25) is 4.98 Å². The van der Waals surface area contributed by atoms with E-state index in [0.717, 1.165) is 44.8 Å². The molecule has 0 bridgehead atoms. The molecule has 0 N–H and O–H groups in total. The molecule has 4 aromatic heterocycles. The Kier molecular flexibility index (Phi) is 4.28. The van der Waals surface area contributed by atoms with Gasteiger partial charge in [0.05, 0.1) is 28.6 Å². The molecule has 0 fully saturated rings. The summed E-state index contributed by atoms with van der Waals surface area (Å²) in [6, 6.07) is 16.0. The van der Waals surface area contributed by atoms with Crippen molar-refractivity contribution < 1.29 is 0 Å². The van der Waals surface area contributed by atoms with Gasteiger partial charge in [-0.05, 0) is 60.7 Å². The van der Waals surface area contributed by atoms with E-state index in [1.54, 1.807) is 18.6 Å². The van der Waals surface area contributed by atoms with Gasteiger partial charge in [0.25, 0.3) is 0 Å². The van der Waals surface area contributed by atoms with Crippen LogP contribution in [0.25, 0.3) is 46.6 Å². The van der Waals surface area contributed by atoms with E-state index in [2.05, 4.69) is 25.4 Å². The Morgan fingerprint density at radius 2 is 1.34 bits per heavy atom. The summed E-state index contributed by atoms with van der Waals surface area (Å²) >= 11 is 0. The van der Waals surface area contributed by atoms with Crippen LogP contribution in [0, 0.1) is 0 Å². The Bertz CT molecular complexity index is 1590. The molecular formula is C25H17N7. The van der Waals surface area contributed by atoms with Crippen molar-refractivity contribution in [3.05, 3.63) is 102 Å². The van der Waals surface area contributed by atoms with Crippen LogP contribution in [-0.4, -0.2) is 34.4 Å². The van der Waals surface area contributed by atoms with E-state index in [1.807, 2.05) is 94.3 Å². The van der Waals surface area contributed by atoms with Crippen LogP contribution in [0.3, 0.4) is 0 Å². The van der Waals surface area contributed by atoms with Crippen LogP contribution in [-0.2, 0) is 0 Å². The van der Waals surface area contributed by atoms with E-state index in [0.29, 0.717) is 0 Å². The monoisotopic (exact) mass is 415 g/mol. The lowest BCUT2D eigenvalue weighted by atomic mass is 10.1. The number of aromatic nitrogens is 7. The molecule has 6 heterocycles.